The van der Waals surface area contributed by atoms with Crippen LogP contribution in [0.25, 0.3) is 5.57 Å². The van der Waals surface area contributed by atoms with E-state index >= 15 is 0 Å². The molecule has 0 aromatic heterocycles. The topological polar surface area (TPSA) is 204 Å². The number of aliphatic hydroxyl groups is 1. The molecule has 12 rings (SSSR count). The first-order valence-electron chi connectivity index (χ1n) is 28.3. The molecule has 0 amide bonds. The molecule has 0 saturated carbocycles. The fourth-order valence-electron chi connectivity index (χ4n) is 9.99. The standard InChI is InChI=1S/C37H31N3O4S.C37H29N3O3S.Na/c41-37(27-11-17-32(18-12-27)38-30-7-3-1-4-8-30,28-13-19-33(20-14-28)39-31-9-5-2-6-10-31)29-15-21-34(22-16-29)40-35-23-25-36(26-24-35)45(42,43)44;41-44(42,43)36-25-23-35(24-26-36)40-34-21-15-29(16-22-34)37(27-11-17-32(18-12-27)38-30-7-3-1-4-8-30)28-13-19-33(20-14-28)39-31-9-5-2-6-10-31;/h1-26,38-41H,(H,42,43,44);1-26,38,40H,(H,41,42,43);/q;;+1/p-1. The van der Waals surface area contributed by atoms with Gasteiger partial charge in [-0.15, -0.1) is 0 Å². The zero-order valence-corrected chi connectivity index (χ0v) is 52.4. The Bertz CT molecular complexity index is 4440. The van der Waals surface area contributed by atoms with E-state index in [9.17, 15) is 31.0 Å². The monoisotopic (exact) mass is 1230 g/mol. The van der Waals surface area contributed by atoms with E-state index < -0.39 is 25.8 Å². The van der Waals surface area contributed by atoms with E-state index in [1.54, 1.807) is 12.1 Å². The van der Waals surface area contributed by atoms with Crippen molar-refractivity contribution in [3.8, 4) is 0 Å². The molecule has 0 radical (unpaired) electrons. The van der Waals surface area contributed by atoms with Gasteiger partial charge >= 0.3 is 29.6 Å². The number of rotatable bonds is 18. The van der Waals surface area contributed by atoms with Crippen molar-refractivity contribution >= 4 is 94.1 Å². The Kier molecular flexibility index (Phi) is 20.3. The molecule has 11 aromatic carbocycles. The van der Waals surface area contributed by atoms with Gasteiger partial charge in [0.1, 0.15) is 15.7 Å². The first-order valence-corrected chi connectivity index (χ1v) is 31.2. The number of anilines is 10. The summed E-state index contributed by atoms with van der Waals surface area (Å²) in [5, 5.41) is 29.2. The van der Waals surface area contributed by atoms with Crippen molar-refractivity contribution in [3.63, 3.8) is 0 Å². The number of para-hydroxylation sites is 4. The molecule has 7 N–H and O–H groups in total. The van der Waals surface area contributed by atoms with Crippen molar-refractivity contribution in [2.75, 3.05) is 26.6 Å². The Balaban J connectivity index is 0.000000196. The molecular weight excluding hydrogens is 1170 g/mol. The second-order valence-electron chi connectivity index (χ2n) is 20.7. The van der Waals surface area contributed by atoms with Crippen molar-refractivity contribution in [1.82, 2.24) is 0 Å². The molecule has 0 fully saturated rings. The van der Waals surface area contributed by atoms with E-state index in [1.165, 1.54) is 36.4 Å². The van der Waals surface area contributed by atoms with Gasteiger partial charge in [-0.1, -0.05) is 146 Å². The molecule has 0 atom stereocenters. The Hall–Kier alpha value is -9.91. The molecule has 0 bridgehead atoms. The van der Waals surface area contributed by atoms with Gasteiger partial charge in [-0.2, -0.15) is 8.42 Å². The van der Waals surface area contributed by atoms with E-state index in [1.807, 2.05) is 218 Å². The van der Waals surface area contributed by atoms with Gasteiger partial charge in [0.15, 0.2) is 0 Å². The molecule has 0 spiro atoms. The van der Waals surface area contributed by atoms with Crippen LogP contribution >= 0.6 is 0 Å². The number of hydrogen-bond donors (Lipinski definition) is 7. The smallest absolute Gasteiger partial charge is 0.744 e. The second kappa shape index (κ2) is 28.9. The van der Waals surface area contributed by atoms with Crippen LogP contribution in [0, 0.1) is 0 Å². The molecule has 440 valence electrons. The van der Waals surface area contributed by atoms with Gasteiger partial charge < -0.3 is 36.2 Å². The van der Waals surface area contributed by atoms with Gasteiger partial charge in [0, 0.05) is 56.9 Å². The molecule has 1 aliphatic carbocycles. The van der Waals surface area contributed by atoms with Crippen LogP contribution in [-0.4, -0.2) is 36.8 Å². The predicted octanol–water partition coefficient (Wildman–Crippen LogP) is 14.2. The molecule has 0 saturated heterocycles. The molecule has 1 aliphatic rings. The number of aliphatic imine (C=N–C) groups is 1. The summed E-state index contributed by atoms with van der Waals surface area (Å²) >= 11 is 0. The van der Waals surface area contributed by atoms with Crippen molar-refractivity contribution in [3.05, 3.63) is 349 Å². The van der Waals surface area contributed by atoms with Crippen LogP contribution in [0.5, 0.6) is 0 Å². The molecule has 90 heavy (non-hydrogen) atoms. The summed E-state index contributed by atoms with van der Waals surface area (Å²) in [7, 11) is -8.76. The first kappa shape index (κ1) is 63.1. The minimum Gasteiger partial charge on any atom is -0.744 e. The van der Waals surface area contributed by atoms with Gasteiger partial charge in [0.2, 0.25) is 0 Å². The SMILES string of the molecule is O=S(=O)(O)c1ccc(Nc2ccc(C(=C3C=CC(=Nc4ccccc4)C=C3)c3ccc(Nc4ccccc4)cc3)cc2)cc1.O=S(=O)([O-])c1ccc(Nc2ccc(C(O)(c3ccc(Nc4ccccc4)cc3)c3ccc(Nc4ccccc4)cc3)cc2)cc1.[Na+]. The van der Waals surface area contributed by atoms with E-state index in [-0.39, 0.29) is 39.3 Å². The van der Waals surface area contributed by atoms with Crippen molar-refractivity contribution in [2.45, 2.75) is 15.4 Å². The molecule has 0 aliphatic heterocycles. The summed E-state index contributed by atoms with van der Waals surface area (Å²) in [5.74, 6) is 0. The van der Waals surface area contributed by atoms with Crippen molar-refractivity contribution in [1.29, 1.82) is 0 Å². The Labute approximate surface area is 546 Å². The molecule has 16 heteroatoms. The van der Waals surface area contributed by atoms with Crippen molar-refractivity contribution in [2.24, 2.45) is 4.99 Å². The van der Waals surface area contributed by atoms with Crippen LogP contribution < -0.4 is 56.1 Å². The normalized spacial score (nSPS) is 11.9. The molecular formula is C74H59N6NaO7S2. The third kappa shape index (κ3) is 16.4. The van der Waals surface area contributed by atoms with Crippen molar-refractivity contribution < 1.29 is 60.6 Å². The Morgan fingerprint density at radius 2 is 0.611 bits per heavy atom. The van der Waals surface area contributed by atoms with Gasteiger partial charge in [-0.3, -0.25) is 4.55 Å². The fourth-order valence-corrected chi connectivity index (χ4v) is 10.9. The summed E-state index contributed by atoms with van der Waals surface area (Å²) in [4.78, 5) is 4.30. The van der Waals surface area contributed by atoms with E-state index in [4.69, 9.17) is 4.99 Å². The van der Waals surface area contributed by atoms with Gasteiger partial charge in [-0.25, -0.2) is 13.4 Å². The number of hydrogen-bond acceptors (Lipinski definition) is 12. The summed E-state index contributed by atoms with van der Waals surface area (Å²) in [6.07, 6.45) is 8.24. The third-order valence-electron chi connectivity index (χ3n) is 14.5. The summed E-state index contributed by atoms with van der Waals surface area (Å²) < 4.78 is 65.8. The summed E-state index contributed by atoms with van der Waals surface area (Å²) in [6, 6.07) is 90.6. The van der Waals surface area contributed by atoms with Gasteiger partial charge in [0.25, 0.3) is 10.1 Å². The van der Waals surface area contributed by atoms with Crippen LogP contribution in [0.1, 0.15) is 27.8 Å². The number of nitrogens with zero attached hydrogens (tertiary/aromatic N) is 1. The first-order chi connectivity index (χ1) is 43.2. The number of benzene rings is 11. The van der Waals surface area contributed by atoms with Crippen LogP contribution in [0.4, 0.5) is 62.6 Å². The van der Waals surface area contributed by atoms with E-state index in [0.29, 0.717) is 28.1 Å². The maximum Gasteiger partial charge on any atom is 1.00 e. The summed E-state index contributed by atoms with van der Waals surface area (Å²) in [5.41, 5.74) is 15.2. The minimum absolute atomic E-state index is 0. The average molecular weight is 1230 g/mol. The largest absolute Gasteiger partial charge is 1.00 e. The van der Waals surface area contributed by atoms with E-state index in [0.717, 1.165) is 79.2 Å². The van der Waals surface area contributed by atoms with Crippen LogP contribution in [0.3, 0.4) is 0 Å². The Morgan fingerprint density at radius 1 is 0.344 bits per heavy atom. The molecule has 11 aromatic rings. The summed E-state index contributed by atoms with van der Waals surface area (Å²) in [6.45, 7) is 0. The quantitative estimate of drug-likeness (QED) is 0.0244. The van der Waals surface area contributed by atoms with Crippen LogP contribution in [0.15, 0.2) is 336 Å². The predicted molar refractivity (Wildman–Crippen MR) is 359 cm³/mol. The molecule has 0 unspecified atom stereocenters. The molecule has 13 nitrogen and oxygen atoms in total. The zero-order chi connectivity index (χ0) is 61.6. The number of allylic oxidation sites excluding steroid dienone is 5. The van der Waals surface area contributed by atoms with Crippen LogP contribution in [-0.2, 0) is 25.8 Å². The fraction of sp³-hybridized carbons (Fsp3) is 0.0135. The average Bonchev–Trinajstić information content (AvgIpc) is 1.18. The van der Waals surface area contributed by atoms with Crippen LogP contribution in [0.2, 0.25) is 0 Å². The third-order valence-corrected chi connectivity index (χ3v) is 16.2. The van der Waals surface area contributed by atoms with Gasteiger partial charge in [-0.05, 0) is 209 Å². The van der Waals surface area contributed by atoms with E-state index in [2.05, 4.69) is 75.1 Å². The maximum atomic E-state index is 12.5. The maximum absolute atomic E-state index is 12.5. The molecule has 0 heterocycles. The minimum atomic E-state index is -4.52. The van der Waals surface area contributed by atoms with Gasteiger partial charge in [0.05, 0.1) is 21.2 Å². The number of nitrogens with one attached hydrogen (secondary N) is 5. The zero-order valence-electron chi connectivity index (χ0n) is 48.7. The second-order valence-corrected chi connectivity index (χ2v) is 23.5. The Morgan fingerprint density at radius 3 is 0.911 bits per heavy atom.